The SMILES string of the molecule is Brc1cnc(Nc2ccc(CN3CC=CC3)cc2)nc1NCCc1cnc[nH]1. The normalized spacial score (nSPS) is 13.8. The maximum atomic E-state index is 4.57. The van der Waals surface area contributed by atoms with Gasteiger partial charge in [0.25, 0.3) is 0 Å². The molecule has 0 atom stereocenters. The van der Waals surface area contributed by atoms with E-state index in [2.05, 4.69) is 87.8 Å². The van der Waals surface area contributed by atoms with Crippen molar-refractivity contribution >= 4 is 33.4 Å². The molecule has 7 nitrogen and oxygen atoms in total. The molecule has 4 rings (SSSR count). The molecule has 144 valence electrons. The molecule has 0 unspecified atom stereocenters. The van der Waals surface area contributed by atoms with Gasteiger partial charge in [0.05, 0.1) is 10.8 Å². The Labute approximate surface area is 172 Å². The Hall–Kier alpha value is -2.71. The molecule has 0 saturated heterocycles. The maximum absolute atomic E-state index is 4.57. The Balaban J connectivity index is 1.34. The number of rotatable bonds is 8. The Kier molecular flexibility index (Phi) is 5.98. The van der Waals surface area contributed by atoms with Crippen LogP contribution in [0.2, 0.25) is 0 Å². The van der Waals surface area contributed by atoms with Gasteiger partial charge in [-0.1, -0.05) is 24.3 Å². The summed E-state index contributed by atoms with van der Waals surface area (Å²) in [5.74, 6) is 1.32. The van der Waals surface area contributed by atoms with E-state index in [-0.39, 0.29) is 0 Å². The molecule has 1 aliphatic rings. The molecule has 1 aromatic carbocycles. The predicted molar refractivity (Wildman–Crippen MR) is 115 cm³/mol. The van der Waals surface area contributed by atoms with E-state index in [1.54, 1.807) is 12.5 Å². The van der Waals surface area contributed by atoms with Crippen LogP contribution in [0.15, 0.2) is 59.6 Å². The lowest BCUT2D eigenvalue weighted by atomic mass is 10.2. The number of anilines is 3. The smallest absolute Gasteiger partial charge is 0.229 e. The zero-order valence-corrected chi connectivity index (χ0v) is 17.0. The van der Waals surface area contributed by atoms with E-state index in [0.29, 0.717) is 5.95 Å². The van der Waals surface area contributed by atoms with E-state index in [4.69, 9.17) is 0 Å². The number of hydrogen-bond donors (Lipinski definition) is 3. The van der Waals surface area contributed by atoms with Crippen molar-refractivity contribution in [3.8, 4) is 0 Å². The number of nitrogens with zero attached hydrogens (tertiary/aromatic N) is 4. The summed E-state index contributed by atoms with van der Waals surface area (Å²) in [5.41, 5.74) is 3.35. The van der Waals surface area contributed by atoms with Gasteiger partial charge in [0.1, 0.15) is 5.82 Å². The summed E-state index contributed by atoms with van der Waals surface area (Å²) in [7, 11) is 0. The molecular weight excluding hydrogens is 418 g/mol. The molecule has 0 bridgehead atoms. The van der Waals surface area contributed by atoms with Crippen LogP contribution in [0.25, 0.3) is 0 Å². The largest absolute Gasteiger partial charge is 0.369 e. The molecule has 3 aromatic rings. The van der Waals surface area contributed by atoms with Crippen LogP contribution in [0.3, 0.4) is 0 Å². The van der Waals surface area contributed by atoms with Gasteiger partial charge < -0.3 is 15.6 Å². The van der Waals surface area contributed by atoms with Crippen molar-refractivity contribution in [3.05, 3.63) is 70.9 Å². The molecule has 0 spiro atoms. The lowest BCUT2D eigenvalue weighted by Crippen LogP contribution is -2.18. The third-order valence-corrected chi connectivity index (χ3v) is 5.08. The van der Waals surface area contributed by atoms with Crippen LogP contribution in [0.5, 0.6) is 0 Å². The number of aromatic nitrogens is 4. The standard InChI is InChI=1S/C20H22BrN7/c21-18-12-24-20(27-19(18)23-8-7-17-11-22-14-25-17)26-16-5-3-15(4-6-16)13-28-9-1-2-10-28/h1-6,11-12,14H,7-10,13H2,(H,22,25)(H2,23,24,26,27). The summed E-state index contributed by atoms with van der Waals surface area (Å²) in [6.45, 7) is 3.77. The van der Waals surface area contributed by atoms with E-state index >= 15 is 0 Å². The van der Waals surface area contributed by atoms with Gasteiger partial charge >= 0.3 is 0 Å². The van der Waals surface area contributed by atoms with E-state index in [1.165, 1.54) is 5.56 Å². The molecule has 8 heteroatoms. The summed E-state index contributed by atoms with van der Waals surface area (Å²) in [6.07, 6.45) is 10.5. The molecule has 0 amide bonds. The zero-order valence-electron chi connectivity index (χ0n) is 15.4. The number of hydrogen-bond acceptors (Lipinski definition) is 6. The average molecular weight is 440 g/mol. The first-order valence-corrected chi connectivity index (χ1v) is 10.0. The minimum absolute atomic E-state index is 0.559. The second kappa shape index (κ2) is 8.99. The van der Waals surface area contributed by atoms with E-state index in [9.17, 15) is 0 Å². The third kappa shape index (κ3) is 4.96. The highest BCUT2D eigenvalue weighted by Crippen LogP contribution is 2.22. The van der Waals surface area contributed by atoms with Crippen molar-refractivity contribution < 1.29 is 0 Å². The monoisotopic (exact) mass is 439 g/mol. The Morgan fingerprint density at radius 2 is 1.93 bits per heavy atom. The summed E-state index contributed by atoms with van der Waals surface area (Å²) >= 11 is 3.50. The molecule has 3 heterocycles. The fourth-order valence-corrected chi connectivity index (χ4v) is 3.35. The van der Waals surface area contributed by atoms with Crippen molar-refractivity contribution in [1.29, 1.82) is 0 Å². The number of nitrogens with one attached hydrogen (secondary N) is 3. The van der Waals surface area contributed by atoms with Crippen molar-refractivity contribution in [1.82, 2.24) is 24.8 Å². The summed E-state index contributed by atoms with van der Waals surface area (Å²) < 4.78 is 0.831. The van der Waals surface area contributed by atoms with Crippen molar-refractivity contribution in [2.24, 2.45) is 0 Å². The number of imidazole rings is 1. The second-order valence-electron chi connectivity index (χ2n) is 6.63. The molecule has 3 N–H and O–H groups in total. The van der Waals surface area contributed by atoms with Gasteiger partial charge in [-0.15, -0.1) is 0 Å². The molecule has 28 heavy (non-hydrogen) atoms. The minimum atomic E-state index is 0.559. The first kappa shape index (κ1) is 18.6. The van der Waals surface area contributed by atoms with Crippen LogP contribution in [0.1, 0.15) is 11.3 Å². The molecule has 0 fully saturated rings. The van der Waals surface area contributed by atoms with Crippen molar-refractivity contribution in [3.63, 3.8) is 0 Å². The summed E-state index contributed by atoms with van der Waals surface area (Å²) in [6, 6.07) is 8.41. The minimum Gasteiger partial charge on any atom is -0.369 e. The molecule has 0 aliphatic carbocycles. The number of halogens is 1. The Bertz CT molecular complexity index is 914. The summed E-state index contributed by atoms with van der Waals surface area (Å²) in [5, 5.41) is 6.60. The second-order valence-corrected chi connectivity index (χ2v) is 7.49. The van der Waals surface area contributed by atoms with Crippen LogP contribution in [-0.2, 0) is 13.0 Å². The quantitative estimate of drug-likeness (QED) is 0.463. The summed E-state index contributed by atoms with van der Waals surface area (Å²) in [4.78, 5) is 18.4. The van der Waals surface area contributed by atoms with Crippen LogP contribution >= 0.6 is 15.9 Å². The fourth-order valence-electron chi connectivity index (χ4n) is 3.02. The van der Waals surface area contributed by atoms with Crippen LogP contribution < -0.4 is 10.6 Å². The Morgan fingerprint density at radius 1 is 1.11 bits per heavy atom. The van der Waals surface area contributed by atoms with E-state index in [0.717, 1.165) is 54.3 Å². The topological polar surface area (TPSA) is 81.8 Å². The van der Waals surface area contributed by atoms with Gasteiger partial charge in [0.15, 0.2) is 0 Å². The predicted octanol–water partition coefficient (Wildman–Crippen LogP) is 3.73. The number of benzene rings is 1. The van der Waals surface area contributed by atoms with Crippen molar-refractivity contribution in [2.75, 3.05) is 30.3 Å². The van der Waals surface area contributed by atoms with Gasteiger partial charge in [0, 0.05) is 56.4 Å². The van der Waals surface area contributed by atoms with Gasteiger partial charge in [-0.3, -0.25) is 4.90 Å². The Morgan fingerprint density at radius 3 is 2.68 bits per heavy atom. The lowest BCUT2D eigenvalue weighted by Gasteiger charge is -2.15. The van der Waals surface area contributed by atoms with Gasteiger partial charge in [-0.25, -0.2) is 9.97 Å². The fraction of sp³-hybridized carbons (Fsp3) is 0.250. The number of aromatic amines is 1. The van der Waals surface area contributed by atoms with E-state index in [1.807, 2.05) is 6.20 Å². The van der Waals surface area contributed by atoms with Crippen LogP contribution in [0.4, 0.5) is 17.5 Å². The molecule has 0 saturated carbocycles. The highest BCUT2D eigenvalue weighted by Gasteiger charge is 2.08. The van der Waals surface area contributed by atoms with Crippen LogP contribution in [-0.4, -0.2) is 44.5 Å². The lowest BCUT2D eigenvalue weighted by molar-refractivity contribution is 0.345. The first-order valence-electron chi connectivity index (χ1n) is 9.23. The first-order chi connectivity index (χ1) is 13.8. The zero-order chi connectivity index (χ0) is 19.2. The number of H-pyrrole nitrogens is 1. The van der Waals surface area contributed by atoms with Crippen molar-refractivity contribution in [2.45, 2.75) is 13.0 Å². The molecule has 2 aromatic heterocycles. The van der Waals surface area contributed by atoms with Crippen LogP contribution in [0, 0.1) is 0 Å². The van der Waals surface area contributed by atoms with Gasteiger partial charge in [-0.2, -0.15) is 4.98 Å². The molecule has 1 aliphatic heterocycles. The highest BCUT2D eigenvalue weighted by molar-refractivity contribution is 9.10. The highest BCUT2D eigenvalue weighted by atomic mass is 79.9. The average Bonchev–Trinajstić information content (AvgIpc) is 3.40. The third-order valence-electron chi connectivity index (χ3n) is 4.50. The molecule has 0 radical (unpaired) electrons. The van der Waals surface area contributed by atoms with Gasteiger partial charge in [-0.05, 0) is 33.6 Å². The molecular formula is C20H22BrN7. The van der Waals surface area contributed by atoms with E-state index < -0.39 is 0 Å². The van der Waals surface area contributed by atoms with Gasteiger partial charge in [0.2, 0.25) is 5.95 Å². The maximum Gasteiger partial charge on any atom is 0.229 e.